The van der Waals surface area contributed by atoms with Gasteiger partial charge in [-0.2, -0.15) is 5.26 Å². The van der Waals surface area contributed by atoms with Crippen LogP contribution in [0.15, 0.2) is 12.1 Å². The largest absolute Gasteiger partial charge is 0.496 e. The van der Waals surface area contributed by atoms with Gasteiger partial charge in [0.1, 0.15) is 5.75 Å². The average Bonchev–Trinajstić information content (AvgIpc) is 2.33. The minimum atomic E-state index is 0.0341. The maximum Gasteiger partial charge on any atom is 0.122 e. The number of nitriles is 1. The Morgan fingerprint density at radius 1 is 1.28 bits per heavy atom. The van der Waals surface area contributed by atoms with Crippen molar-refractivity contribution in [3.05, 3.63) is 23.3 Å². The van der Waals surface area contributed by atoms with E-state index < -0.39 is 0 Å². The van der Waals surface area contributed by atoms with Gasteiger partial charge in [0, 0.05) is 12.2 Å². The second-order valence-electron chi connectivity index (χ2n) is 5.00. The zero-order chi connectivity index (χ0) is 13.7. The van der Waals surface area contributed by atoms with Crippen LogP contribution in [0.4, 0.5) is 5.69 Å². The van der Waals surface area contributed by atoms with Crippen molar-refractivity contribution in [3.63, 3.8) is 0 Å². The number of hydrogen-bond donors (Lipinski definition) is 1. The number of nitrogens with one attached hydrogen (secondary N) is 1. The number of rotatable bonds is 5. The van der Waals surface area contributed by atoms with E-state index >= 15 is 0 Å². The van der Waals surface area contributed by atoms with E-state index in [1.54, 1.807) is 7.11 Å². The molecule has 1 aromatic carbocycles. The Morgan fingerprint density at radius 2 is 1.94 bits per heavy atom. The molecule has 0 spiro atoms. The summed E-state index contributed by atoms with van der Waals surface area (Å²) in [6, 6.07) is 6.44. The highest BCUT2D eigenvalue weighted by Gasteiger charge is 2.13. The van der Waals surface area contributed by atoms with Crippen molar-refractivity contribution in [1.29, 1.82) is 5.26 Å². The van der Waals surface area contributed by atoms with E-state index in [-0.39, 0.29) is 5.92 Å². The molecule has 0 heterocycles. The third-order valence-electron chi connectivity index (χ3n) is 3.22. The van der Waals surface area contributed by atoms with Crippen LogP contribution < -0.4 is 10.1 Å². The Kier molecular flexibility index (Phi) is 5.03. The minimum absolute atomic E-state index is 0.0341. The number of benzene rings is 1. The maximum absolute atomic E-state index is 9.07. The van der Waals surface area contributed by atoms with Crippen LogP contribution in [0.5, 0.6) is 5.75 Å². The van der Waals surface area contributed by atoms with E-state index in [0.29, 0.717) is 12.5 Å². The van der Waals surface area contributed by atoms with Gasteiger partial charge in [0.2, 0.25) is 0 Å². The fourth-order valence-electron chi connectivity index (χ4n) is 1.85. The van der Waals surface area contributed by atoms with E-state index in [2.05, 4.69) is 31.3 Å². The number of anilines is 1. The third kappa shape index (κ3) is 3.40. The van der Waals surface area contributed by atoms with Crippen LogP contribution in [-0.4, -0.2) is 13.7 Å². The highest BCUT2D eigenvalue weighted by molar-refractivity contribution is 5.57. The fourth-order valence-corrected chi connectivity index (χ4v) is 1.85. The minimum Gasteiger partial charge on any atom is -0.496 e. The Morgan fingerprint density at radius 3 is 2.44 bits per heavy atom. The number of nitrogens with zero attached hydrogens (tertiary/aromatic N) is 1. The molecule has 1 N–H and O–H groups in total. The van der Waals surface area contributed by atoms with E-state index in [0.717, 1.165) is 22.6 Å². The zero-order valence-electron chi connectivity index (χ0n) is 11.9. The molecule has 0 bridgehead atoms. The number of methoxy groups -OCH3 is 1. The van der Waals surface area contributed by atoms with Gasteiger partial charge >= 0.3 is 0 Å². The maximum atomic E-state index is 9.07. The first kappa shape index (κ1) is 14.4. The van der Waals surface area contributed by atoms with E-state index in [1.165, 1.54) is 0 Å². The van der Waals surface area contributed by atoms with Gasteiger partial charge in [0.25, 0.3) is 0 Å². The Hall–Kier alpha value is -1.69. The molecule has 1 rings (SSSR count). The van der Waals surface area contributed by atoms with Crippen LogP contribution in [0.2, 0.25) is 0 Å². The average molecular weight is 246 g/mol. The molecule has 18 heavy (non-hydrogen) atoms. The SMILES string of the molecule is COc1cc(C)c(NCC(C#N)C(C)C)cc1C. The normalized spacial score (nSPS) is 12.1. The van der Waals surface area contributed by atoms with E-state index in [9.17, 15) is 0 Å². The molecule has 0 fully saturated rings. The monoisotopic (exact) mass is 246 g/mol. The molecule has 0 aliphatic rings. The molecule has 0 aliphatic carbocycles. The second kappa shape index (κ2) is 6.30. The van der Waals surface area contributed by atoms with Crippen molar-refractivity contribution in [3.8, 4) is 11.8 Å². The number of aryl methyl sites for hydroxylation is 2. The molecule has 0 aliphatic heterocycles. The van der Waals surface area contributed by atoms with Gasteiger partial charge in [-0.1, -0.05) is 13.8 Å². The topological polar surface area (TPSA) is 45.0 Å². The first-order chi connectivity index (χ1) is 8.49. The molecule has 3 heteroatoms. The van der Waals surface area contributed by atoms with Crippen molar-refractivity contribution >= 4 is 5.69 Å². The summed E-state index contributed by atoms with van der Waals surface area (Å²) in [4.78, 5) is 0. The molecule has 1 atom stereocenters. The molecular weight excluding hydrogens is 224 g/mol. The van der Waals surface area contributed by atoms with Crippen LogP contribution in [0.3, 0.4) is 0 Å². The molecule has 3 nitrogen and oxygen atoms in total. The lowest BCUT2D eigenvalue weighted by atomic mass is 9.97. The molecule has 98 valence electrons. The first-order valence-corrected chi connectivity index (χ1v) is 6.28. The van der Waals surface area contributed by atoms with E-state index in [1.807, 2.05) is 19.9 Å². The van der Waals surface area contributed by atoms with Crippen LogP contribution in [-0.2, 0) is 0 Å². The van der Waals surface area contributed by atoms with Crippen molar-refractivity contribution in [2.75, 3.05) is 19.0 Å². The molecule has 0 amide bonds. The molecule has 0 aromatic heterocycles. The standard InChI is InChI=1S/C15H22N2O/c1-10(2)13(8-16)9-17-14-6-12(4)15(18-5)7-11(14)3/h6-7,10,13,17H,9H2,1-5H3. The quantitative estimate of drug-likeness (QED) is 0.864. The van der Waals surface area contributed by atoms with Crippen molar-refractivity contribution in [2.45, 2.75) is 27.7 Å². The van der Waals surface area contributed by atoms with Crippen LogP contribution >= 0.6 is 0 Å². The van der Waals surface area contributed by atoms with Gasteiger partial charge in [-0.3, -0.25) is 0 Å². The van der Waals surface area contributed by atoms with Crippen LogP contribution in [0.1, 0.15) is 25.0 Å². The fraction of sp³-hybridized carbons (Fsp3) is 0.533. The van der Waals surface area contributed by atoms with Gasteiger partial charge in [0.05, 0.1) is 19.1 Å². The summed E-state index contributed by atoms with van der Waals surface area (Å²) in [7, 11) is 1.68. The van der Waals surface area contributed by atoms with Gasteiger partial charge in [-0.25, -0.2) is 0 Å². The first-order valence-electron chi connectivity index (χ1n) is 6.28. The Balaban J connectivity index is 2.80. The van der Waals surface area contributed by atoms with Crippen LogP contribution in [0.25, 0.3) is 0 Å². The lowest BCUT2D eigenvalue weighted by Crippen LogP contribution is -2.18. The molecule has 0 saturated heterocycles. The summed E-state index contributed by atoms with van der Waals surface area (Å²) >= 11 is 0. The Labute approximate surface area is 110 Å². The van der Waals surface area contributed by atoms with Crippen LogP contribution in [0, 0.1) is 37.0 Å². The summed E-state index contributed by atoms with van der Waals surface area (Å²) in [5.74, 6) is 1.30. The van der Waals surface area contributed by atoms with Gasteiger partial charge in [-0.15, -0.1) is 0 Å². The van der Waals surface area contributed by atoms with Gasteiger partial charge in [-0.05, 0) is 43.0 Å². The summed E-state index contributed by atoms with van der Waals surface area (Å²) in [6.45, 7) is 8.89. The smallest absolute Gasteiger partial charge is 0.122 e. The molecule has 1 aromatic rings. The van der Waals surface area contributed by atoms with E-state index in [4.69, 9.17) is 10.00 Å². The van der Waals surface area contributed by atoms with Crippen molar-refractivity contribution < 1.29 is 4.74 Å². The van der Waals surface area contributed by atoms with Crippen molar-refractivity contribution in [1.82, 2.24) is 0 Å². The lowest BCUT2D eigenvalue weighted by molar-refractivity contribution is 0.411. The predicted octanol–water partition coefficient (Wildman–Crippen LogP) is 3.52. The third-order valence-corrected chi connectivity index (χ3v) is 3.22. The number of hydrogen-bond acceptors (Lipinski definition) is 3. The lowest BCUT2D eigenvalue weighted by Gasteiger charge is -2.17. The van der Waals surface area contributed by atoms with Crippen molar-refractivity contribution in [2.24, 2.45) is 11.8 Å². The Bertz CT molecular complexity index is 447. The molecule has 0 radical (unpaired) electrons. The molecular formula is C15H22N2O. The highest BCUT2D eigenvalue weighted by atomic mass is 16.5. The summed E-state index contributed by atoms with van der Waals surface area (Å²) < 4.78 is 5.29. The molecule has 0 saturated carbocycles. The highest BCUT2D eigenvalue weighted by Crippen LogP contribution is 2.26. The summed E-state index contributed by atoms with van der Waals surface area (Å²) in [6.07, 6.45) is 0. The van der Waals surface area contributed by atoms with Gasteiger partial charge < -0.3 is 10.1 Å². The number of ether oxygens (including phenoxy) is 1. The molecule has 1 unspecified atom stereocenters. The zero-order valence-corrected chi connectivity index (χ0v) is 11.9. The predicted molar refractivity (Wildman–Crippen MR) is 74.9 cm³/mol. The summed E-state index contributed by atoms with van der Waals surface area (Å²) in [5.41, 5.74) is 3.32. The summed E-state index contributed by atoms with van der Waals surface area (Å²) in [5, 5.41) is 12.4. The second-order valence-corrected chi connectivity index (χ2v) is 5.00. The van der Waals surface area contributed by atoms with Gasteiger partial charge in [0.15, 0.2) is 0 Å².